The Bertz CT molecular complexity index is 388. The molecule has 0 amide bonds. The van der Waals surface area contributed by atoms with Crippen molar-refractivity contribution >= 4 is 11.6 Å². The van der Waals surface area contributed by atoms with Crippen molar-refractivity contribution in [2.45, 2.75) is 6.42 Å². The van der Waals surface area contributed by atoms with Crippen LogP contribution in [0.25, 0.3) is 0 Å². The summed E-state index contributed by atoms with van der Waals surface area (Å²) in [7, 11) is 4.20. The first-order valence-corrected chi connectivity index (χ1v) is 6.87. The fourth-order valence-electron chi connectivity index (χ4n) is 2.20. The van der Waals surface area contributed by atoms with Crippen molar-refractivity contribution in [1.29, 1.82) is 0 Å². The SMILES string of the molecule is CN1CCN(c2cc(N(C)CCCN)ncn2)CC1. The third kappa shape index (κ3) is 3.78. The van der Waals surface area contributed by atoms with Crippen molar-refractivity contribution in [3.63, 3.8) is 0 Å². The fourth-order valence-corrected chi connectivity index (χ4v) is 2.20. The molecule has 0 bridgehead atoms. The molecule has 6 nitrogen and oxygen atoms in total. The molecule has 1 aromatic rings. The standard InChI is InChI=1S/C13H24N6/c1-17-6-8-19(9-7-17)13-10-12(15-11-16-13)18(2)5-3-4-14/h10-11H,3-9,14H2,1-2H3. The smallest absolute Gasteiger partial charge is 0.134 e. The number of hydrogen-bond acceptors (Lipinski definition) is 6. The van der Waals surface area contributed by atoms with Crippen LogP contribution in [0, 0.1) is 0 Å². The minimum absolute atomic E-state index is 0.709. The van der Waals surface area contributed by atoms with Crippen molar-refractivity contribution in [3.05, 3.63) is 12.4 Å². The lowest BCUT2D eigenvalue weighted by atomic mass is 10.3. The Morgan fingerprint density at radius 1 is 1.26 bits per heavy atom. The summed E-state index contributed by atoms with van der Waals surface area (Å²) in [5, 5.41) is 0. The maximum absolute atomic E-state index is 5.54. The van der Waals surface area contributed by atoms with Crippen LogP contribution in [0.2, 0.25) is 0 Å². The van der Waals surface area contributed by atoms with Gasteiger partial charge >= 0.3 is 0 Å². The van der Waals surface area contributed by atoms with Crippen LogP contribution in [-0.4, -0.2) is 68.2 Å². The number of piperazine rings is 1. The van der Waals surface area contributed by atoms with Gasteiger partial charge in [-0.15, -0.1) is 0 Å². The zero-order valence-corrected chi connectivity index (χ0v) is 11.9. The van der Waals surface area contributed by atoms with Gasteiger partial charge in [-0.3, -0.25) is 0 Å². The zero-order valence-electron chi connectivity index (χ0n) is 11.9. The van der Waals surface area contributed by atoms with E-state index in [1.165, 1.54) is 0 Å². The summed E-state index contributed by atoms with van der Waals surface area (Å²) >= 11 is 0. The molecule has 19 heavy (non-hydrogen) atoms. The lowest BCUT2D eigenvalue weighted by molar-refractivity contribution is 0.312. The molecule has 0 aliphatic carbocycles. The summed E-state index contributed by atoms with van der Waals surface area (Å²) in [5.41, 5.74) is 5.54. The highest BCUT2D eigenvalue weighted by Crippen LogP contribution is 2.17. The van der Waals surface area contributed by atoms with Gasteiger partial charge in [0.15, 0.2) is 0 Å². The van der Waals surface area contributed by atoms with E-state index in [2.05, 4.69) is 37.8 Å². The monoisotopic (exact) mass is 264 g/mol. The van der Waals surface area contributed by atoms with E-state index in [0.29, 0.717) is 6.54 Å². The fraction of sp³-hybridized carbons (Fsp3) is 0.692. The molecular weight excluding hydrogens is 240 g/mol. The van der Waals surface area contributed by atoms with Gasteiger partial charge in [-0.25, -0.2) is 9.97 Å². The first-order chi connectivity index (χ1) is 9.20. The van der Waals surface area contributed by atoms with Crippen LogP contribution < -0.4 is 15.5 Å². The van der Waals surface area contributed by atoms with E-state index in [9.17, 15) is 0 Å². The van der Waals surface area contributed by atoms with Gasteiger partial charge in [0.2, 0.25) is 0 Å². The van der Waals surface area contributed by atoms with Crippen LogP contribution in [-0.2, 0) is 0 Å². The van der Waals surface area contributed by atoms with Gasteiger partial charge in [-0.1, -0.05) is 0 Å². The van der Waals surface area contributed by atoms with Crippen molar-refractivity contribution in [3.8, 4) is 0 Å². The van der Waals surface area contributed by atoms with Gasteiger partial charge in [-0.2, -0.15) is 0 Å². The van der Waals surface area contributed by atoms with E-state index in [1.54, 1.807) is 6.33 Å². The predicted molar refractivity (Wildman–Crippen MR) is 78.7 cm³/mol. The first-order valence-electron chi connectivity index (χ1n) is 6.87. The number of rotatable bonds is 5. The van der Waals surface area contributed by atoms with Crippen LogP contribution >= 0.6 is 0 Å². The normalized spacial score (nSPS) is 16.7. The van der Waals surface area contributed by atoms with Crippen LogP contribution in [0.1, 0.15) is 6.42 Å². The van der Waals surface area contributed by atoms with Gasteiger partial charge in [0.05, 0.1) is 0 Å². The summed E-state index contributed by atoms with van der Waals surface area (Å²) in [6, 6.07) is 2.07. The second kappa shape index (κ2) is 6.68. The second-order valence-corrected chi connectivity index (χ2v) is 5.09. The molecule has 1 fully saturated rings. The Hall–Kier alpha value is -1.40. The lowest BCUT2D eigenvalue weighted by Crippen LogP contribution is -2.44. The van der Waals surface area contributed by atoms with Gasteiger partial charge in [0, 0.05) is 45.8 Å². The van der Waals surface area contributed by atoms with Crippen LogP contribution in [0.4, 0.5) is 11.6 Å². The molecule has 0 saturated carbocycles. The van der Waals surface area contributed by atoms with Crippen molar-refractivity contribution in [2.75, 3.05) is 63.2 Å². The van der Waals surface area contributed by atoms with E-state index >= 15 is 0 Å². The average molecular weight is 264 g/mol. The summed E-state index contributed by atoms with van der Waals surface area (Å²) < 4.78 is 0. The molecule has 6 heteroatoms. The van der Waals surface area contributed by atoms with Crippen LogP contribution in [0.15, 0.2) is 12.4 Å². The van der Waals surface area contributed by atoms with Gasteiger partial charge in [0.25, 0.3) is 0 Å². The lowest BCUT2D eigenvalue weighted by Gasteiger charge is -2.33. The van der Waals surface area contributed by atoms with Crippen LogP contribution in [0.3, 0.4) is 0 Å². The number of aromatic nitrogens is 2. The molecular formula is C13H24N6. The highest BCUT2D eigenvalue weighted by Gasteiger charge is 2.16. The number of nitrogens with zero attached hydrogens (tertiary/aromatic N) is 5. The van der Waals surface area contributed by atoms with Gasteiger partial charge in [0.1, 0.15) is 18.0 Å². The predicted octanol–water partition coefficient (Wildman–Crippen LogP) is 0.0134. The molecule has 1 aliphatic heterocycles. The number of anilines is 2. The zero-order chi connectivity index (χ0) is 13.7. The highest BCUT2D eigenvalue weighted by molar-refractivity contribution is 5.49. The summed E-state index contributed by atoms with van der Waals surface area (Å²) in [5.74, 6) is 2.00. The molecule has 1 saturated heterocycles. The molecule has 2 N–H and O–H groups in total. The Labute approximate surface area is 115 Å². The number of hydrogen-bond donors (Lipinski definition) is 1. The first kappa shape index (κ1) is 14.0. The summed E-state index contributed by atoms with van der Waals surface area (Å²) in [4.78, 5) is 15.5. The third-order valence-electron chi connectivity index (χ3n) is 3.55. The Morgan fingerprint density at radius 2 is 2.00 bits per heavy atom. The second-order valence-electron chi connectivity index (χ2n) is 5.09. The highest BCUT2D eigenvalue weighted by atomic mass is 15.3. The number of nitrogens with two attached hydrogens (primary N) is 1. The summed E-state index contributed by atoms with van der Waals surface area (Å²) in [6.07, 6.45) is 2.63. The van der Waals surface area contributed by atoms with E-state index in [1.807, 2.05) is 7.05 Å². The third-order valence-corrected chi connectivity index (χ3v) is 3.55. The number of likely N-dealkylation sites (N-methyl/N-ethyl adjacent to an activating group) is 1. The minimum Gasteiger partial charge on any atom is -0.359 e. The minimum atomic E-state index is 0.709. The largest absolute Gasteiger partial charge is 0.359 e. The van der Waals surface area contributed by atoms with Gasteiger partial charge in [-0.05, 0) is 20.0 Å². The molecule has 1 aromatic heterocycles. The van der Waals surface area contributed by atoms with E-state index in [0.717, 1.165) is 50.8 Å². The molecule has 106 valence electrons. The van der Waals surface area contributed by atoms with E-state index in [4.69, 9.17) is 5.73 Å². The van der Waals surface area contributed by atoms with E-state index < -0.39 is 0 Å². The Kier molecular flexibility index (Phi) is 4.93. The van der Waals surface area contributed by atoms with Crippen molar-refractivity contribution < 1.29 is 0 Å². The van der Waals surface area contributed by atoms with Gasteiger partial charge < -0.3 is 20.4 Å². The maximum Gasteiger partial charge on any atom is 0.134 e. The van der Waals surface area contributed by atoms with Crippen molar-refractivity contribution in [1.82, 2.24) is 14.9 Å². The summed E-state index contributed by atoms with van der Waals surface area (Å²) in [6.45, 7) is 5.86. The quantitative estimate of drug-likeness (QED) is 0.808. The Balaban J connectivity index is 2.02. The molecule has 0 aromatic carbocycles. The molecule has 0 atom stereocenters. The molecule has 2 heterocycles. The van der Waals surface area contributed by atoms with E-state index in [-0.39, 0.29) is 0 Å². The molecule has 2 rings (SSSR count). The maximum atomic E-state index is 5.54. The molecule has 0 radical (unpaired) electrons. The topological polar surface area (TPSA) is 61.5 Å². The van der Waals surface area contributed by atoms with Crippen LogP contribution in [0.5, 0.6) is 0 Å². The molecule has 0 spiro atoms. The van der Waals surface area contributed by atoms with Crippen molar-refractivity contribution in [2.24, 2.45) is 5.73 Å². The molecule has 0 unspecified atom stereocenters. The average Bonchev–Trinajstić information content (AvgIpc) is 2.45. The Morgan fingerprint density at radius 3 is 2.68 bits per heavy atom. The molecule has 1 aliphatic rings.